The van der Waals surface area contributed by atoms with Gasteiger partial charge >= 0.3 is 0 Å². The van der Waals surface area contributed by atoms with Crippen LogP contribution >= 0.6 is 11.8 Å². The largest absolute Gasteiger partial charge is 0.383 e. The summed E-state index contributed by atoms with van der Waals surface area (Å²) in [6.07, 6.45) is 2.67. The minimum Gasteiger partial charge on any atom is -0.383 e. The zero-order chi connectivity index (χ0) is 14.9. The van der Waals surface area contributed by atoms with E-state index in [2.05, 4.69) is 9.97 Å². The van der Waals surface area contributed by atoms with E-state index < -0.39 is 15.2 Å². The van der Waals surface area contributed by atoms with Crippen LogP contribution in [-0.2, 0) is 9.84 Å². The van der Waals surface area contributed by atoms with E-state index in [1.807, 2.05) is 18.7 Å². The Hall–Kier alpha value is -1.02. The fourth-order valence-corrected chi connectivity index (χ4v) is 5.18. The van der Waals surface area contributed by atoms with Gasteiger partial charge in [0.2, 0.25) is 0 Å². The summed E-state index contributed by atoms with van der Waals surface area (Å²) >= 11 is 1.65. The molecule has 0 amide bonds. The maximum atomic E-state index is 12.0. The lowest BCUT2D eigenvalue weighted by molar-refractivity contribution is 0.583. The number of hydrogen-bond acceptors (Lipinski definition) is 7. The lowest BCUT2D eigenvalue weighted by atomic mass is 10.0. The number of thioether (sulfide) groups is 1. The molecule has 1 saturated heterocycles. The summed E-state index contributed by atoms with van der Waals surface area (Å²) in [5, 5.41) is -0.548. The molecule has 2 heterocycles. The highest BCUT2D eigenvalue weighted by Crippen LogP contribution is 2.33. The first-order valence-corrected chi connectivity index (χ1v) is 9.57. The first-order chi connectivity index (χ1) is 9.32. The lowest BCUT2D eigenvalue weighted by Crippen LogP contribution is -2.48. The van der Waals surface area contributed by atoms with E-state index in [-0.39, 0.29) is 5.92 Å². The molecule has 2 rings (SSSR count). The van der Waals surface area contributed by atoms with Gasteiger partial charge in [-0.25, -0.2) is 18.4 Å². The van der Waals surface area contributed by atoms with Crippen molar-refractivity contribution >= 4 is 33.2 Å². The molecule has 6 nitrogen and oxygen atoms in total. The molecule has 0 radical (unpaired) electrons. The average Bonchev–Trinajstić information content (AvgIpc) is 2.37. The molecule has 20 heavy (non-hydrogen) atoms. The second-order valence-electron chi connectivity index (χ2n) is 5.20. The Labute approximate surface area is 124 Å². The number of nitrogens with zero attached hydrogens (tertiary/aromatic N) is 3. The summed E-state index contributed by atoms with van der Waals surface area (Å²) in [6, 6.07) is 0. The molecule has 0 spiro atoms. The molecule has 1 aliphatic heterocycles. The Morgan fingerprint density at radius 1 is 1.45 bits per heavy atom. The third kappa shape index (κ3) is 3.01. The molecular formula is C12H20N4O2S2. The first-order valence-electron chi connectivity index (χ1n) is 6.46. The van der Waals surface area contributed by atoms with Gasteiger partial charge in [0.05, 0.1) is 0 Å². The molecule has 1 aliphatic rings. The smallest absolute Gasteiger partial charge is 0.169 e. The van der Waals surface area contributed by atoms with Gasteiger partial charge < -0.3 is 10.6 Å². The lowest BCUT2D eigenvalue weighted by Gasteiger charge is -2.36. The van der Waals surface area contributed by atoms with Crippen LogP contribution in [0.3, 0.4) is 0 Å². The van der Waals surface area contributed by atoms with Crippen molar-refractivity contribution in [1.82, 2.24) is 9.97 Å². The van der Waals surface area contributed by atoms with Crippen molar-refractivity contribution in [2.24, 2.45) is 0 Å². The van der Waals surface area contributed by atoms with Gasteiger partial charge in [-0.05, 0) is 5.92 Å². The summed E-state index contributed by atoms with van der Waals surface area (Å²) in [4.78, 5) is 10.2. The Balaban J connectivity index is 2.51. The van der Waals surface area contributed by atoms with Gasteiger partial charge in [-0.1, -0.05) is 13.8 Å². The predicted octanol–water partition coefficient (Wildman–Crippen LogP) is 1.11. The average molecular weight is 316 g/mol. The quantitative estimate of drug-likeness (QED) is 0.893. The molecule has 2 N–H and O–H groups in total. The molecule has 0 aromatic carbocycles. The monoisotopic (exact) mass is 316 g/mol. The van der Waals surface area contributed by atoms with Gasteiger partial charge in [0, 0.05) is 29.9 Å². The van der Waals surface area contributed by atoms with E-state index in [4.69, 9.17) is 5.73 Å². The highest BCUT2D eigenvalue weighted by atomic mass is 32.2. The maximum Gasteiger partial charge on any atom is 0.169 e. The molecule has 8 heteroatoms. The molecule has 112 valence electrons. The van der Waals surface area contributed by atoms with Crippen LogP contribution in [0.1, 0.15) is 25.3 Å². The number of anilines is 2. The summed E-state index contributed by atoms with van der Waals surface area (Å²) in [5.74, 6) is 2.66. The fraction of sp³-hybridized carbons (Fsp3) is 0.667. The number of nitrogen functional groups attached to an aromatic ring is 1. The van der Waals surface area contributed by atoms with Crippen molar-refractivity contribution in [3.63, 3.8) is 0 Å². The standard InChI is InChI=1S/C12H20N4O2S2/c1-8(2)10-11(13)14-7-15-12(10)16-4-5-19-6-9(16)20(3,17)18/h7-9H,4-6H2,1-3H3,(H2,13,14,15). The van der Waals surface area contributed by atoms with Gasteiger partial charge in [0.15, 0.2) is 9.84 Å². The number of aromatic nitrogens is 2. The van der Waals surface area contributed by atoms with Crippen LogP contribution in [0.5, 0.6) is 0 Å². The second-order valence-corrected chi connectivity index (χ2v) is 8.56. The van der Waals surface area contributed by atoms with E-state index in [0.29, 0.717) is 23.9 Å². The first kappa shape index (κ1) is 15.4. The summed E-state index contributed by atoms with van der Waals surface area (Å²) in [7, 11) is -3.17. The molecular weight excluding hydrogens is 296 g/mol. The fourth-order valence-electron chi connectivity index (χ4n) is 2.36. The van der Waals surface area contributed by atoms with E-state index in [1.54, 1.807) is 11.8 Å². The predicted molar refractivity (Wildman–Crippen MR) is 83.8 cm³/mol. The Morgan fingerprint density at radius 3 is 2.75 bits per heavy atom. The Bertz CT molecular complexity index is 589. The highest BCUT2D eigenvalue weighted by Gasteiger charge is 2.34. The molecule has 1 aromatic heterocycles. The maximum absolute atomic E-state index is 12.0. The molecule has 1 atom stereocenters. The highest BCUT2D eigenvalue weighted by molar-refractivity contribution is 8.01. The van der Waals surface area contributed by atoms with Gasteiger partial charge in [0.25, 0.3) is 0 Å². The van der Waals surface area contributed by atoms with Crippen molar-refractivity contribution < 1.29 is 8.42 Å². The topological polar surface area (TPSA) is 89.2 Å². The van der Waals surface area contributed by atoms with Gasteiger partial charge in [0.1, 0.15) is 23.3 Å². The molecule has 1 unspecified atom stereocenters. The molecule has 0 saturated carbocycles. The molecule has 0 bridgehead atoms. The number of rotatable bonds is 3. The Kier molecular flexibility index (Phi) is 4.43. The molecule has 1 fully saturated rings. The third-order valence-electron chi connectivity index (χ3n) is 3.32. The minimum absolute atomic E-state index is 0.140. The SMILES string of the molecule is CC(C)c1c(N)ncnc1N1CCSCC1S(C)(=O)=O. The Morgan fingerprint density at radius 2 is 2.15 bits per heavy atom. The van der Waals surface area contributed by atoms with Crippen molar-refractivity contribution in [1.29, 1.82) is 0 Å². The van der Waals surface area contributed by atoms with Gasteiger partial charge in [-0.3, -0.25) is 0 Å². The van der Waals surface area contributed by atoms with Crippen LogP contribution in [0, 0.1) is 0 Å². The van der Waals surface area contributed by atoms with E-state index in [0.717, 1.165) is 11.3 Å². The minimum atomic E-state index is -3.17. The van der Waals surface area contributed by atoms with Crippen LogP contribution in [-0.4, -0.2) is 48.1 Å². The second kappa shape index (κ2) is 5.77. The van der Waals surface area contributed by atoms with Crippen LogP contribution in [0.4, 0.5) is 11.6 Å². The van der Waals surface area contributed by atoms with Crippen LogP contribution in [0.15, 0.2) is 6.33 Å². The van der Waals surface area contributed by atoms with E-state index in [1.165, 1.54) is 12.6 Å². The molecule has 0 aliphatic carbocycles. The number of sulfone groups is 1. The van der Waals surface area contributed by atoms with Crippen LogP contribution < -0.4 is 10.6 Å². The molecule has 1 aromatic rings. The van der Waals surface area contributed by atoms with Crippen molar-refractivity contribution in [3.8, 4) is 0 Å². The van der Waals surface area contributed by atoms with Crippen LogP contribution in [0.25, 0.3) is 0 Å². The zero-order valence-corrected chi connectivity index (χ0v) is 13.5. The summed E-state index contributed by atoms with van der Waals surface area (Å²) in [5.41, 5.74) is 6.78. The van der Waals surface area contributed by atoms with Crippen molar-refractivity contribution in [3.05, 3.63) is 11.9 Å². The summed E-state index contributed by atoms with van der Waals surface area (Å²) < 4.78 is 24.0. The van der Waals surface area contributed by atoms with Gasteiger partial charge in [-0.15, -0.1) is 0 Å². The number of hydrogen-bond donors (Lipinski definition) is 1. The van der Waals surface area contributed by atoms with Crippen LogP contribution in [0.2, 0.25) is 0 Å². The summed E-state index contributed by atoms with van der Waals surface area (Å²) in [6.45, 7) is 4.66. The zero-order valence-electron chi connectivity index (χ0n) is 11.9. The third-order valence-corrected chi connectivity index (χ3v) is 5.97. The number of nitrogens with two attached hydrogens (primary N) is 1. The van der Waals surface area contributed by atoms with Crippen molar-refractivity contribution in [2.45, 2.75) is 25.1 Å². The normalized spacial score (nSPS) is 20.4. The van der Waals surface area contributed by atoms with E-state index >= 15 is 0 Å². The van der Waals surface area contributed by atoms with Crippen molar-refractivity contribution in [2.75, 3.05) is 34.9 Å². The van der Waals surface area contributed by atoms with E-state index in [9.17, 15) is 8.42 Å². The van der Waals surface area contributed by atoms with Gasteiger partial charge in [-0.2, -0.15) is 11.8 Å².